The van der Waals surface area contributed by atoms with Gasteiger partial charge >= 0.3 is 0 Å². The lowest BCUT2D eigenvalue weighted by Gasteiger charge is -2.18. The smallest absolute Gasteiger partial charge is 0.226 e. The molecule has 1 aliphatic rings. The van der Waals surface area contributed by atoms with Gasteiger partial charge in [0.2, 0.25) is 11.8 Å². The second-order valence-electron chi connectivity index (χ2n) is 5.33. The Morgan fingerprint density at radius 1 is 1.35 bits per heavy atom. The average molecular weight is 312 g/mol. The summed E-state index contributed by atoms with van der Waals surface area (Å²) < 4.78 is 5.12. The van der Waals surface area contributed by atoms with Crippen LogP contribution < -0.4 is 15.0 Å². The van der Waals surface area contributed by atoms with E-state index in [2.05, 4.69) is 40.3 Å². The summed E-state index contributed by atoms with van der Waals surface area (Å²) in [5, 5.41) is 11.2. The number of nitrogens with zero attached hydrogens (tertiary/aromatic N) is 6. The Bertz CT molecular complexity index is 819. The molecule has 3 aromatic rings. The number of aromatic nitrogens is 6. The highest BCUT2D eigenvalue weighted by Crippen LogP contribution is 2.25. The molecule has 0 saturated carbocycles. The maximum Gasteiger partial charge on any atom is 0.226 e. The van der Waals surface area contributed by atoms with E-state index in [-0.39, 0.29) is 6.04 Å². The molecule has 2 N–H and O–H groups in total. The van der Waals surface area contributed by atoms with Gasteiger partial charge < -0.3 is 15.0 Å². The number of rotatable bonds is 4. The Balaban J connectivity index is 1.49. The third-order valence-corrected chi connectivity index (χ3v) is 3.89. The van der Waals surface area contributed by atoms with Crippen molar-refractivity contribution in [2.75, 3.05) is 30.4 Å². The molecule has 0 radical (unpaired) electrons. The zero-order chi connectivity index (χ0) is 15.6. The Morgan fingerprint density at radius 3 is 3.22 bits per heavy atom. The predicted molar refractivity (Wildman–Crippen MR) is 84.5 cm³/mol. The predicted octanol–water partition coefficient (Wildman–Crippen LogP) is 0.842. The third-order valence-electron chi connectivity index (χ3n) is 3.89. The zero-order valence-corrected chi connectivity index (χ0v) is 12.6. The van der Waals surface area contributed by atoms with Gasteiger partial charge in [-0.1, -0.05) is 0 Å². The van der Waals surface area contributed by atoms with Crippen molar-refractivity contribution >= 4 is 22.8 Å². The van der Waals surface area contributed by atoms with E-state index in [1.807, 2.05) is 0 Å². The molecule has 0 aliphatic carbocycles. The molecule has 4 rings (SSSR count). The lowest BCUT2D eigenvalue weighted by molar-refractivity contribution is 0.397. The van der Waals surface area contributed by atoms with Crippen molar-refractivity contribution in [2.24, 2.45) is 0 Å². The highest BCUT2D eigenvalue weighted by Gasteiger charge is 2.25. The van der Waals surface area contributed by atoms with Crippen LogP contribution in [-0.2, 0) is 0 Å². The zero-order valence-electron chi connectivity index (χ0n) is 12.6. The van der Waals surface area contributed by atoms with Crippen molar-refractivity contribution in [3.63, 3.8) is 0 Å². The van der Waals surface area contributed by atoms with E-state index >= 15 is 0 Å². The molecule has 1 atom stereocenters. The van der Waals surface area contributed by atoms with Gasteiger partial charge in [-0.3, -0.25) is 5.10 Å². The van der Waals surface area contributed by atoms with Gasteiger partial charge in [0.05, 0.1) is 18.7 Å². The summed E-state index contributed by atoms with van der Waals surface area (Å²) in [6.45, 7) is 1.72. The molecule has 0 amide bonds. The molecule has 0 bridgehead atoms. The minimum absolute atomic E-state index is 0.249. The normalized spacial score (nSPS) is 17.6. The number of hydrogen-bond donors (Lipinski definition) is 2. The van der Waals surface area contributed by atoms with E-state index in [1.54, 1.807) is 31.9 Å². The first-order valence-corrected chi connectivity index (χ1v) is 7.36. The number of ether oxygens (including phenoxy) is 1. The quantitative estimate of drug-likeness (QED) is 0.730. The average Bonchev–Trinajstić information content (AvgIpc) is 3.23. The molecule has 1 fully saturated rings. The number of nitrogens with one attached hydrogen (secondary N) is 2. The van der Waals surface area contributed by atoms with E-state index in [9.17, 15) is 0 Å². The fourth-order valence-corrected chi connectivity index (χ4v) is 2.78. The van der Waals surface area contributed by atoms with Gasteiger partial charge in [0.15, 0.2) is 5.65 Å². The van der Waals surface area contributed by atoms with Crippen LogP contribution in [0.4, 0.5) is 11.8 Å². The fourth-order valence-electron chi connectivity index (χ4n) is 2.78. The van der Waals surface area contributed by atoms with Gasteiger partial charge in [-0.05, 0) is 6.42 Å². The van der Waals surface area contributed by atoms with Crippen LogP contribution in [0.5, 0.6) is 5.88 Å². The molecule has 9 nitrogen and oxygen atoms in total. The Kier molecular flexibility index (Phi) is 3.37. The number of H-pyrrole nitrogens is 1. The first kappa shape index (κ1) is 13.7. The highest BCUT2D eigenvalue weighted by molar-refractivity contribution is 5.86. The number of methoxy groups -OCH3 is 1. The van der Waals surface area contributed by atoms with E-state index < -0.39 is 0 Å². The van der Waals surface area contributed by atoms with Gasteiger partial charge in [0, 0.05) is 31.4 Å². The second kappa shape index (κ2) is 5.67. The van der Waals surface area contributed by atoms with E-state index in [1.165, 1.54) is 0 Å². The number of anilines is 2. The van der Waals surface area contributed by atoms with E-state index in [0.29, 0.717) is 11.8 Å². The maximum absolute atomic E-state index is 5.12. The molecule has 1 saturated heterocycles. The first-order valence-electron chi connectivity index (χ1n) is 7.36. The van der Waals surface area contributed by atoms with Crippen molar-refractivity contribution in [1.82, 2.24) is 30.1 Å². The van der Waals surface area contributed by atoms with Crippen LogP contribution in [0.1, 0.15) is 6.42 Å². The molecule has 4 heterocycles. The van der Waals surface area contributed by atoms with Crippen LogP contribution in [0.15, 0.2) is 24.8 Å². The molecular weight excluding hydrogens is 296 g/mol. The van der Waals surface area contributed by atoms with Gasteiger partial charge in [-0.15, -0.1) is 0 Å². The Morgan fingerprint density at radius 2 is 2.30 bits per heavy atom. The maximum atomic E-state index is 5.12. The molecule has 23 heavy (non-hydrogen) atoms. The molecule has 3 aromatic heterocycles. The summed E-state index contributed by atoms with van der Waals surface area (Å²) >= 11 is 0. The van der Waals surface area contributed by atoms with E-state index in [4.69, 9.17) is 4.74 Å². The SMILES string of the molecule is COc1ccnc(NC2CCN(c3ncnc4[nH]ncc34)C2)n1. The minimum Gasteiger partial charge on any atom is -0.481 e. The van der Waals surface area contributed by atoms with Gasteiger partial charge in [-0.2, -0.15) is 10.1 Å². The molecule has 118 valence electrons. The van der Waals surface area contributed by atoms with Crippen molar-refractivity contribution in [2.45, 2.75) is 12.5 Å². The summed E-state index contributed by atoms with van der Waals surface area (Å²) in [4.78, 5) is 19.3. The largest absolute Gasteiger partial charge is 0.481 e. The highest BCUT2D eigenvalue weighted by atomic mass is 16.5. The van der Waals surface area contributed by atoms with Crippen molar-refractivity contribution < 1.29 is 4.74 Å². The van der Waals surface area contributed by atoms with Crippen molar-refractivity contribution in [3.05, 3.63) is 24.8 Å². The molecule has 0 aromatic carbocycles. The molecule has 9 heteroatoms. The van der Waals surface area contributed by atoms with Crippen LogP contribution in [0, 0.1) is 0 Å². The first-order chi connectivity index (χ1) is 11.3. The topological polar surface area (TPSA) is 105 Å². The van der Waals surface area contributed by atoms with Crippen LogP contribution >= 0.6 is 0 Å². The number of aromatic amines is 1. The second-order valence-corrected chi connectivity index (χ2v) is 5.33. The van der Waals surface area contributed by atoms with Crippen molar-refractivity contribution in [3.8, 4) is 5.88 Å². The monoisotopic (exact) mass is 312 g/mol. The summed E-state index contributed by atoms with van der Waals surface area (Å²) in [5.74, 6) is 2.03. The number of fused-ring (bicyclic) bond motifs is 1. The summed E-state index contributed by atoms with van der Waals surface area (Å²) in [6, 6.07) is 1.97. The Hall–Kier alpha value is -2.97. The molecular formula is C14H16N8O. The van der Waals surface area contributed by atoms with Crippen LogP contribution in [-0.4, -0.2) is 56.4 Å². The summed E-state index contributed by atoms with van der Waals surface area (Å²) in [5.41, 5.74) is 0.752. The van der Waals surface area contributed by atoms with Crippen molar-refractivity contribution in [1.29, 1.82) is 0 Å². The van der Waals surface area contributed by atoms with Crippen LogP contribution in [0.3, 0.4) is 0 Å². The molecule has 1 aliphatic heterocycles. The molecule has 1 unspecified atom stereocenters. The third kappa shape index (κ3) is 2.60. The Labute approximate surface area is 132 Å². The van der Waals surface area contributed by atoms with E-state index in [0.717, 1.165) is 36.4 Å². The molecule has 0 spiro atoms. The van der Waals surface area contributed by atoms with Gasteiger partial charge in [0.1, 0.15) is 12.1 Å². The lowest BCUT2D eigenvalue weighted by Crippen LogP contribution is -2.27. The summed E-state index contributed by atoms with van der Waals surface area (Å²) in [6.07, 6.45) is 5.97. The van der Waals surface area contributed by atoms with Crippen LogP contribution in [0.2, 0.25) is 0 Å². The lowest BCUT2D eigenvalue weighted by atomic mass is 10.3. The number of hydrogen-bond acceptors (Lipinski definition) is 8. The standard InChI is InChI=1S/C14H16N8O/c1-23-11-2-4-15-14(20-11)19-9-3-5-22(7-9)13-10-6-18-21-12(10)16-8-17-13/h2,4,6,8-9H,3,5,7H2,1H3,(H,15,19,20)(H,16,17,18,21). The summed E-state index contributed by atoms with van der Waals surface area (Å²) in [7, 11) is 1.59. The van der Waals surface area contributed by atoms with Gasteiger partial charge in [0.25, 0.3) is 0 Å². The van der Waals surface area contributed by atoms with Crippen LogP contribution in [0.25, 0.3) is 11.0 Å². The minimum atomic E-state index is 0.249. The van der Waals surface area contributed by atoms with Gasteiger partial charge in [-0.25, -0.2) is 15.0 Å². The fraction of sp³-hybridized carbons (Fsp3) is 0.357.